The Labute approximate surface area is 54.5 Å². The van der Waals surface area contributed by atoms with E-state index >= 15 is 0 Å². The first-order chi connectivity index (χ1) is 3.68. The number of hydrogen-bond donors (Lipinski definition) is 2. The minimum Gasteiger partial charge on any atom is -0.394 e. The van der Waals surface area contributed by atoms with Crippen LogP contribution < -0.4 is 0 Å². The monoisotopic (exact) mass is 131 g/mol. The van der Waals surface area contributed by atoms with Gasteiger partial charge in [-0.3, -0.25) is 0 Å². The van der Waals surface area contributed by atoms with Gasteiger partial charge in [-0.1, -0.05) is 6.92 Å². The molecule has 0 aliphatic heterocycles. The lowest BCUT2D eigenvalue weighted by Crippen LogP contribution is -2.22. The van der Waals surface area contributed by atoms with Crippen LogP contribution in [0.25, 0.3) is 0 Å². The molecule has 0 aromatic heterocycles. The van der Waals surface area contributed by atoms with Crippen molar-refractivity contribution in [2.45, 2.75) is 18.1 Å². The molecular formula is C5H9NOS. The third kappa shape index (κ3) is 1.73. The van der Waals surface area contributed by atoms with Crippen LogP contribution in [0.2, 0.25) is 0 Å². The third-order valence-electron chi connectivity index (χ3n) is 1.05. The number of thiol groups is 1. The molecule has 2 nitrogen and oxygen atoms in total. The number of hydrogen-bond acceptors (Lipinski definition) is 3. The van der Waals surface area contributed by atoms with Crippen molar-refractivity contribution in [2.75, 3.05) is 6.61 Å². The van der Waals surface area contributed by atoms with Gasteiger partial charge in [-0.15, -0.1) is 0 Å². The van der Waals surface area contributed by atoms with Crippen molar-refractivity contribution in [1.82, 2.24) is 0 Å². The van der Waals surface area contributed by atoms with Crippen LogP contribution in [0, 0.1) is 11.3 Å². The molecule has 0 rings (SSSR count). The van der Waals surface area contributed by atoms with Crippen molar-refractivity contribution in [3.05, 3.63) is 0 Å². The summed E-state index contributed by atoms with van der Waals surface area (Å²) in [7, 11) is 0. The first-order valence-corrected chi connectivity index (χ1v) is 2.87. The second kappa shape index (κ2) is 2.95. The van der Waals surface area contributed by atoms with E-state index in [-0.39, 0.29) is 6.61 Å². The van der Waals surface area contributed by atoms with Gasteiger partial charge in [-0.05, 0) is 6.42 Å². The van der Waals surface area contributed by atoms with Gasteiger partial charge in [0.15, 0.2) is 0 Å². The summed E-state index contributed by atoms with van der Waals surface area (Å²) in [6.45, 7) is 1.63. The van der Waals surface area contributed by atoms with Crippen LogP contribution in [0.3, 0.4) is 0 Å². The molecule has 0 bridgehead atoms. The summed E-state index contributed by atoms with van der Waals surface area (Å²) in [4.78, 5) is 0. The summed E-state index contributed by atoms with van der Waals surface area (Å²) in [5.74, 6) is 0. The quantitative estimate of drug-likeness (QED) is 0.538. The maximum atomic E-state index is 8.49. The van der Waals surface area contributed by atoms with E-state index < -0.39 is 4.75 Å². The molecule has 0 fully saturated rings. The van der Waals surface area contributed by atoms with E-state index in [0.717, 1.165) is 0 Å². The number of nitrogens with zero attached hydrogens (tertiary/aromatic N) is 1. The molecule has 46 valence electrons. The summed E-state index contributed by atoms with van der Waals surface area (Å²) in [5.41, 5.74) is 0. The minimum absolute atomic E-state index is 0.177. The Morgan fingerprint density at radius 1 is 1.88 bits per heavy atom. The fraction of sp³-hybridized carbons (Fsp3) is 0.800. The van der Waals surface area contributed by atoms with Crippen LogP contribution in [-0.4, -0.2) is 16.5 Å². The van der Waals surface area contributed by atoms with Gasteiger partial charge in [0, 0.05) is 0 Å². The topological polar surface area (TPSA) is 44.0 Å². The van der Waals surface area contributed by atoms with Crippen molar-refractivity contribution in [2.24, 2.45) is 0 Å². The Bertz CT molecular complexity index is 103. The van der Waals surface area contributed by atoms with E-state index in [2.05, 4.69) is 12.6 Å². The van der Waals surface area contributed by atoms with Crippen LogP contribution >= 0.6 is 12.6 Å². The maximum absolute atomic E-state index is 8.49. The van der Waals surface area contributed by atoms with Crippen LogP contribution in [0.4, 0.5) is 0 Å². The van der Waals surface area contributed by atoms with E-state index in [1.165, 1.54) is 0 Å². The molecule has 0 heterocycles. The van der Waals surface area contributed by atoms with Gasteiger partial charge in [0.05, 0.1) is 12.7 Å². The molecule has 0 aromatic rings. The molecule has 1 atom stereocenters. The highest BCUT2D eigenvalue weighted by Gasteiger charge is 2.20. The molecule has 0 amide bonds. The summed E-state index contributed by atoms with van der Waals surface area (Å²) in [5, 5.41) is 16.8. The normalized spacial score (nSPS) is 16.8. The fourth-order valence-corrected chi connectivity index (χ4v) is 0.226. The molecule has 8 heavy (non-hydrogen) atoms. The van der Waals surface area contributed by atoms with Gasteiger partial charge >= 0.3 is 0 Å². The van der Waals surface area contributed by atoms with Gasteiger partial charge < -0.3 is 5.11 Å². The van der Waals surface area contributed by atoms with Gasteiger partial charge in [0.25, 0.3) is 0 Å². The van der Waals surface area contributed by atoms with E-state index in [0.29, 0.717) is 6.42 Å². The molecule has 0 aliphatic rings. The SMILES string of the molecule is CCC(S)(C#N)CO. The third-order valence-corrected chi connectivity index (χ3v) is 1.61. The average molecular weight is 131 g/mol. The zero-order valence-corrected chi connectivity index (χ0v) is 5.65. The average Bonchev–Trinajstić information content (AvgIpc) is 1.87. The Hall–Kier alpha value is -0.200. The number of nitriles is 1. The molecular weight excluding hydrogens is 122 g/mol. The Morgan fingerprint density at radius 3 is 2.38 bits per heavy atom. The largest absolute Gasteiger partial charge is 0.394 e. The van der Waals surface area contributed by atoms with Gasteiger partial charge in [-0.25, -0.2) is 0 Å². The molecule has 0 aromatic carbocycles. The van der Waals surface area contributed by atoms with E-state index in [1.54, 1.807) is 0 Å². The summed E-state index contributed by atoms with van der Waals surface area (Å²) in [6, 6.07) is 1.89. The molecule has 0 saturated carbocycles. The predicted octanol–water partition coefficient (Wildman–Crippen LogP) is 0.581. The highest BCUT2D eigenvalue weighted by atomic mass is 32.1. The van der Waals surface area contributed by atoms with Crippen LogP contribution in [0.15, 0.2) is 0 Å². The molecule has 0 aliphatic carbocycles. The summed E-state index contributed by atoms with van der Waals surface area (Å²) >= 11 is 3.91. The highest BCUT2D eigenvalue weighted by molar-refractivity contribution is 7.82. The lowest BCUT2D eigenvalue weighted by Gasteiger charge is -2.12. The minimum atomic E-state index is -0.819. The summed E-state index contributed by atoms with van der Waals surface area (Å²) < 4.78 is -0.819. The molecule has 1 N–H and O–H groups in total. The van der Waals surface area contributed by atoms with Crippen molar-refractivity contribution in [3.63, 3.8) is 0 Å². The summed E-state index contributed by atoms with van der Waals surface area (Å²) in [6.07, 6.45) is 0.573. The van der Waals surface area contributed by atoms with E-state index in [1.807, 2.05) is 13.0 Å². The standard InChI is InChI=1S/C5H9NOS/c1-2-5(8,3-6)4-7/h7-8H,2,4H2,1H3. The molecule has 0 radical (unpaired) electrons. The second-order valence-electron chi connectivity index (χ2n) is 1.66. The highest BCUT2D eigenvalue weighted by Crippen LogP contribution is 2.15. The Balaban J connectivity index is 3.83. The van der Waals surface area contributed by atoms with E-state index in [4.69, 9.17) is 10.4 Å². The molecule has 0 spiro atoms. The molecule has 1 unspecified atom stereocenters. The fourth-order valence-electron chi connectivity index (χ4n) is 0.226. The zero-order valence-electron chi connectivity index (χ0n) is 4.76. The van der Waals surface area contributed by atoms with Gasteiger partial charge in [0.2, 0.25) is 0 Å². The van der Waals surface area contributed by atoms with Crippen LogP contribution in [-0.2, 0) is 0 Å². The number of aliphatic hydroxyl groups excluding tert-OH is 1. The second-order valence-corrected chi connectivity index (χ2v) is 2.51. The first kappa shape index (κ1) is 7.80. The lowest BCUT2D eigenvalue weighted by atomic mass is 10.1. The van der Waals surface area contributed by atoms with Crippen molar-refractivity contribution < 1.29 is 5.11 Å². The smallest absolute Gasteiger partial charge is 0.122 e. The Morgan fingerprint density at radius 2 is 2.38 bits per heavy atom. The van der Waals surface area contributed by atoms with Crippen molar-refractivity contribution >= 4 is 12.6 Å². The predicted molar refractivity (Wildman–Crippen MR) is 34.7 cm³/mol. The van der Waals surface area contributed by atoms with Crippen LogP contribution in [0.5, 0.6) is 0 Å². The van der Waals surface area contributed by atoms with Gasteiger partial charge in [0.1, 0.15) is 4.75 Å². The first-order valence-electron chi connectivity index (χ1n) is 2.43. The van der Waals surface area contributed by atoms with E-state index in [9.17, 15) is 0 Å². The molecule has 0 saturated heterocycles. The van der Waals surface area contributed by atoms with Crippen molar-refractivity contribution in [3.8, 4) is 6.07 Å². The number of rotatable bonds is 2. The Kier molecular flexibility index (Phi) is 2.88. The molecule has 3 heteroatoms. The number of aliphatic hydroxyl groups is 1. The maximum Gasteiger partial charge on any atom is 0.122 e. The van der Waals surface area contributed by atoms with Crippen molar-refractivity contribution in [1.29, 1.82) is 5.26 Å². The zero-order chi connectivity index (χ0) is 6.62. The van der Waals surface area contributed by atoms with Crippen LogP contribution in [0.1, 0.15) is 13.3 Å². The lowest BCUT2D eigenvalue weighted by molar-refractivity contribution is 0.270. The van der Waals surface area contributed by atoms with Gasteiger partial charge in [-0.2, -0.15) is 17.9 Å².